The summed E-state index contributed by atoms with van der Waals surface area (Å²) >= 11 is 0. The number of fused-ring (bicyclic) bond motifs is 3. The van der Waals surface area contributed by atoms with Gasteiger partial charge in [-0.3, -0.25) is 4.57 Å². The number of para-hydroxylation sites is 1. The van der Waals surface area contributed by atoms with Gasteiger partial charge in [-0.05, 0) is 41.0 Å². The molecule has 0 amide bonds. The standard InChI is InChI=1S/C38H27N5/c1-4-12-26(13-5-1)29-20-22-32-31-18-10-11-19-33(31)43(34(32)24-29)35-23-21-30(25-39-35)38-41-36(27-14-6-2-7-15-27)40-37(42-38)28-16-8-3-9-17-28/h1-25,36H,(H,40,41,42). The molecule has 0 fully saturated rings. The summed E-state index contributed by atoms with van der Waals surface area (Å²) < 4.78 is 2.25. The van der Waals surface area contributed by atoms with Gasteiger partial charge in [-0.25, -0.2) is 15.0 Å². The zero-order valence-corrected chi connectivity index (χ0v) is 23.3. The van der Waals surface area contributed by atoms with Gasteiger partial charge in [0, 0.05) is 28.1 Å². The van der Waals surface area contributed by atoms with Crippen LogP contribution in [0.25, 0.3) is 38.8 Å². The Morgan fingerprint density at radius 3 is 1.93 bits per heavy atom. The van der Waals surface area contributed by atoms with Crippen LogP contribution in [0.1, 0.15) is 22.9 Å². The molecular weight excluding hydrogens is 526 g/mol. The predicted molar refractivity (Wildman–Crippen MR) is 176 cm³/mol. The molecule has 1 N–H and O–H groups in total. The lowest BCUT2D eigenvalue weighted by molar-refractivity contribution is 0.674. The largest absolute Gasteiger partial charge is 0.344 e. The van der Waals surface area contributed by atoms with Crippen molar-refractivity contribution in [3.8, 4) is 16.9 Å². The summed E-state index contributed by atoms with van der Waals surface area (Å²) in [6.07, 6.45) is 1.65. The smallest absolute Gasteiger partial charge is 0.159 e. The molecule has 0 aliphatic carbocycles. The first kappa shape index (κ1) is 24.9. The van der Waals surface area contributed by atoms with Gasteiger partial charge >= 0.3 is 0 Å². The lowest BCUT2D eigenvalue weighted by Gasteiger charge is -2.23. The number of pyridine rings is 1. The third kappa shape index (κ3) is 4.57. The van der Waals surface area contributed by atoms with E-state index in [9.17, 15) is 0 Å². The summed E-state index contributed by atoms with van der Waals surface area (Å²) in [5, 5.41) is 5.95. The van der Waals surface area contributed by atoms with Crippen LogP contribution in [0.5, 0.6) is 0 Å². The fourth-order valence-corrected chi connectivity index (χ4v) is 5.80. The number of aliphatic imine (C=N–C) groups is 2. The van der Waals surface area contributed by atoms with E-state index in [-0.39, 0.29) is 6.17 Å². The Balaban J connectivity index is 1.22. The Morgan fingerprint density at radius 2 is 1.19 bits per heavy atom. The molecule has 204 valence electrons. The Bertz CT molecular complexity index is 2130. The number of benzene rings is 5. The highest BCUT2D eigenvalue weighted by Gasteiger charge is 2.21. The highest BCUT2D eigenvalue weighted by atomic mass is 15.2. The molecule has 0 radical (unpaired) electrons. The first-order chi connectivity index (χ1) is 21.3. The van der Waals surface area contributed by atoms with Crippen molar-refractivity contribution in [1.82, 2.24) is 14.9 Å². The molecule has 1 aliphatic heterocycles. The van der Waals surface area contributed by atoms with Gasteiger partial charge in [0.2, 0.25) is 0 Å². The molecule has 3 heterocycles. The minimum Gasteiger partial charge on any atom is -0.344 e. The lowest BCUT2D eigenvalue weighted by atomic mass is 10.0. The van der Waals surface area contributed by atoms with E-state index in [2.05, 4.69) is 101 Å². The van der Waals surface area contributed by atoms with Crippen molar-refractivity contribution in [2.24, 2.45) is 9.98 Å². The van der Waals surface area contributed by atoms with Crippen LogP contribution in [0.15, 0.2) is 162 Å². The molecule has 7 aromatic rings. The molecule has 1 aliphatic rings. The van der Waals surface area contributed by atoms with Gasteiger partial charge in [0.1, 0.15) is 17.8 Å². The van der Waals surface area contributed by atoms with Gasteiger partial charge < -0.3 is 5.32 Å². The normalized spacial score (nSPS) is 14.7. The van der Waals surface area contributed by atoms with E-state index < -0.39 is 0 Å². The fraction of sp³-hybridized carbons (Fsp3) is 0.0263. The van der Waals surface area contributed by atoms with Crippen LogP contribution in [-0.4, -0.2) is 21.2 Å². The summed E-state index contributed by atoms with van der Waals surface area (Å²) in [5.41, 5.74) is 7.57. The van der Waals surface area contributed by atoms with E-state index >= 15 is 0 Å². The molecular formula is C38H27N5. The molecule has 0 bridgehead atoms. The van der Waals surface area contributed by atoms with Gasteiger partial charge in [0.05, 0.1) is 11.0 Å². The number of hydrogen-bond acceptors (Lipinski definition) is 4. The van der Waals surface area contributed by atoms with Crippen molar-refractivity contribution in [2.75, 3.05) is 0 Å². The number of hydrogen-bond donors (Lipinski definition) is 1. The molecule has 1 unspecified atom stereocenters. The van der Waals surface area contributed by atoms with Gasteiger partial charge in [0.25, 0.3) is 0 Å². The molecule has 43 heavy (non-hydrogen) atoms. The van der Waals surface area contributed by atoms with Crippen LogP contribution in [0.2, 0.25) is 0 Å². The van der Waals surface area contributed by atoms with Crippen LogP contribution in [0.3, 0.4) is 0 Å². The molecule has 5 heteroatoms. The van der Waals surface area contributed by atoms with Crippen molar-refractivity contribution in [2.45, 2.75) is 6.17 Å². The summed E-state index contributed by atoms with van der Waals surface area (Å²) in [6.45, 7) is 0. The highest BCUT2D eigenvalue weighted by Crippen LogP contribution is 2.34. The maximum Gasteiger partial charge on any atom is 0.159 e. The molecule has 5 nitrogen and oxygen atoms in total. The number of nitrogens with one attached hydrogen (secondary N) is 1. The lowest BCUT2D eigenvalue weighted by Crippen LogP contribution is -2.33. The predicted octanol–water partition coefficient (Wildman–Crippen LogP) is 8.34. The molecule has 0 saturated carbocycles. The number of aromatic nitrogens is 2. The van der Waals surface area contributed by atoms with Crippen LogP contribution >= 0.6 is 0 Å². The van der Waals surface area contributed by atoms with E-state index in [4.69, 9.17) is 15.0 Å². The van der Waals surface area contributed by atoms with Crippen molar-refractivity contribution >= 4 is 33.5 Å². The van der Waals surface area contributed by atoms with Gasteiger partial charge in [-0.1, -0.05) is 121 Å². The zero-order chi connectivity index (χ0) is 28.6. The summed E-state index contributed by atoms with van der Waals surface area (Å²) in [4.78, 5) is 14.9. The summed E-state index contributed by atoms with van der Waals surface area (Å²) in [6, 6.07) is 50.2. The SMILES string of the molecule is c1ccc(C2=NC(c3ccccc3)NC(c3ccc(-n4c5ccccc5c5ccc(-c6ccccc6)cc54)nc3)=N2)cc1. The van der Waals surface area contributed by atoms with Crippen molar-refractivity contribution in [3.63, 3.8) is 0 Å². The molecule has 5 aromatic carbocycles. The average molecular weight is 554 g/mol. The van der Waals surface area contributed by atoms with Crippen LogP contribution in [0, 0.1) is 0 Å². The second-order valence-electron chi connectivity index (χ2n) is 10.6. The maximum absolute atomic E-state index is 5.00. The topological polar surface area (TPSA) is 54.6 Å². The van der Waals surface area contributed by atoms with Crippen LogP contribution in [-0.2, 0) is 0 Å². The van der Waals surface area contributed by atoms with E-state index in [0.717, 1.165) is 39.4 Å². The first-order valence-electron chi connectivity index (χ1n) is 14.4. The maximum atomic E-state index is 5.00. The van der Waals surface area contributed by atoms with Gasteiger partial charge in [0.15, 0.2) is 5.84 Å². The minimum absolute atomic E-state index is 0.252. The Kier molecular flexibility index (Phi) is 6.12. The molecule has 1 atom stereocenters. The second kappa shape index (κ2) is 10.5. The van der Waals surface area contributed by atoms with Crippen molar-refractivity contribution < 1.29 is 0 Å². The molecule has 0 saturated heterocycles. The van der Waals surface area contributed by atoms with E-state index in [0.29, 0.717) is 5.84 Å². The second-order valence-corrected chi connectivity index (χ2v) is 10.6. The van der Waals surface area contributed by atoms with Gasteiger partial charge in [-0.15, -0.1) is 0 Å². The van der Waals surface area contributed by atoms with E-state index in [1.54, 1.807) is 0 Å². The summed E-state index contributed by atoms with van der Waals surface area (Å²) in [7, 11) is 0. The van der Waals surface area contributed by atoms with Crippen molar-refractivity contribution in [1.29, 1.82) is 0 Å². The highest BCUT2D eigenvalue weighted by molar-refractivity contribution is 6.13. The Morgan fingerprint density at radius 1 is 0.535 bits per heavy atom. The Labute approximate surface area is 249 Å². The fourth-order valence-electron chi connectivity index (χ4n) is 5.80. The third-order valence-corrected chi connectivity index (χ3v) is 7.92. The van der Waals surface area contributed by atoms with E-state index in [1.807, 2.05) is 60.8 Å². The number of amidine groups is 2. The number of nitrogens with zero attached hydrogens (tertiary/aromatic N) is 4. The van der Waals surface area contributed by atoms with Crippen LogP contribution < -0.4 is 5.32 Å². The monoisotopic (exact) mass is 553 g/mol. The van der Waals surface area contributed by atoms with E-state index in [1.165, 1.54) is 21.9 Å². The Hall–Kier alpha value is -5.81. The zero-order valence-electron chi connectivity index (χ0n) is 23.3. The summed E-state index contributed by atoms with van der Waals surface area (Å²) in [5.74, 6) is 2.30. The average Bonchev–Trinajstić information content (AvgIpc) is 3.43. The van der Waals surface area contributed by atoms with Crippen LogP contribution in [0.4, 0.5) is 0 Å². The van der Waals surface area contributed by atoms with Crippen molar-refractivity contribution in [3.05, 3.63) is 168 Å². The third-order valence-electron chi connectivity index (χ3n) is 7.92. The molecule has 0 spiro atoms. The molecule has 8 rings (SSSR count). The van der Waals surface area contributed by atoms with Gasteiger partial charge in [-0.2, -0.15) is 0 Å². The first-order valence-corrected chi connectivity index (χ1v) is 14.4. The number of rotatable bonds is 5. The quantitative estimate of drug-likeness (QED) is 0.233. The minimum atomic E-state index is -0.252. The molecule has 2 aromatic heterocycles.